The Balaban J connectivity index is 1.44. The second kappa shape index (κ2) is 7.45. The van der Waals surface area contributed by atoms with E-state index in [2.05, 4.69) is 78.1 Å². The highest BCUT2D eigenvalue weighted by Gasteiger charge is 2.34. The SMILES string of the molecule is c1ccc(CCc2cccc3c2Oc2ccccc2C3=C2CC3CCC(C2)N3)cc1. The van der Waals surface area contributed by atoms with Crippen molar-refractivity contribution in [3.05, 3.63) is 101 Å². The Labute approximate surface area is 178 Å². The Morgan fingerprint density at radius 1 is 0.733 bits per heavy atom. The van der Waals surface area contributed by atoms with E-state index in [0.717, 1.165) is 37.2 Å². The van der Waals surface area contributed by atoms with E-state index < -0.39 is 0 Å². The highest BCUT2D eigenvalue weighted by atomic mass is 16.5. The Morgan fingerprint density at radius 2 is 1.47 bits per heavy atom. The van der Waals surface area contributed by atoms with E-state index in [0.29, 0.717) is 12.1 Å². The van der Waals surface area contributed by atoms with Crippen LogP contribution in [0.3, 0.4) is 0 Å². The number of hydrogen-bond acceptors (Lipinski definition) is 2. The third-order valence-electron chi connectivity index (χ3n) is 6.93. The minimum Gasteiger partial charge on any atom is -0.456 e. The van der Waals surface area contributed by atoms with Gasteiger partial charge in [0.1, 0.15) is 11.5 Å². The summed E-state index contributed by atoms with van der Waals surface area (Å²) in [5.41, 5.74) is 8.28. The van der Waals surface area contributed by atoms with Gasteiger partial charge in [-0.25, -0.2) is 0 Å². The van der Waals surface area contributed by atoms with Crippen LogP contribution in [0.1, 0.15) is 47.9 Å². The van der Waals surface area contributed by atoms with Crippen molar-refractivity contribution in [2.75, 3.05) is 0 Å². The first-order chi connectivity index (χ1) is 14.8. The fourth-order valence-electron chi connectivity index (χ4n) is 5.53. The molecule has 0 spiro atoms. The highest BCUT2D eigenvalue weighted by Crippen LogP contribution is 2.49. The quantitative estimate of drug-likeness (QED) is 0.441. The van der Waals surface area contributed by atoms with Gasteiger partial charge in [-0.15, -0.1) is 0 Å². The van der Waals surface area contributed by atoms with Crippen molar-refractivity contribution in [2.45, 2.75) is 50.6 Å². The van der Waals surface area contributed by atoms with Gasteiger partial charge < -0.3 is 10.1 Å². The first kappa shape index (κ1) is 18.0. The van der Waals surface area contributed by atoms with E-state index in [1.54, 1.807) is 5.57 Å². The zero-order valence-corrected chi connectivity index (χ0v) is 17.2. The monoisotopic (exact) mass is 393 g/mol. The average Bonchev–Trinajstić information content (AvgIpc) is 3.14. The molecular weight excluding hydrogens is 366 g/mol. The van der Waals surface area contributed by atoms with Crippen molar-refractivity contribution < 1.29 is 4.74 Å². The van der Waals surface area contributed by atoms with Gasteiger partial charge >= 0.3 is 0 Å². The summed E-state index contributed by atoms with van der Waals surface area (Å²) in [4.78, 5) is 0. The molecule has 0 aromatic heterocycles. The van der Waals surface area contributed by atoms with Crippen molar-refractivity contribution in [1.29, 1.82) is 0 Å². The summed E-state index contributed by atoms with van der Waals surface area (Å²) in [6.45, 7) is 0. The van der Waals surface area contributed by atoms with E-state index in [1.807, 2.05) is 0 Å². The lowest BCUT2D eigenvalue weighted by molar-refractivity contribution is 0.461. The van der Waals surface area contributed by atoms with Gasteiger partial charge in [0.15, 0.2) is 0 Å². The lowest BCUT2D eigenvalue weighted by atomic mass is 9.83. The molecule has 0 saturated carbocycles. The number of hydrogen-bond donors (Lipinski definition) is 1. The lowest BCUT2D eigenvalue weighted by Gasteiger charge is -2.31. The predicted octanol–water partition coefficient (Wildman–Crippen LogP) is 6.29. The minimum atomic E-state index is 0.644. The van der Waals surface area contributed by atoms with Crippen LogP contribution >= 0.6 is 0 Å². The van der Waals surface area contributed by atoms with Crippen LogP contribution < -0.4 is 10.1 Å². The van der Waals surface area contributed by atoms with E-state index in [9.17, 15) is 0 Å². The number of para-hydroxylation sites is 2. The second-order valence-corrected chi connectivity index (χ2v) is 8.90. The van der Waals surface area contributed by atoms with Crippen molar-refractivity contribution in [3.8, 4) is 11.5 Å². The molecule has 0 radical (unpaired) electrons. The summed E-state index contributed by atoms with van der Waals surface area (Å²) in [6, 6.07) is 27.4. The fraction of sp³-hybridized carbons (Fsp3) is 0.286. The molecular formula is C28H27NO. The van der Waals surface area contributed by atoms with Crippen LogP contribution in [0.25, 0.3) is 5.57 Å². The topological polar surface area (TPSA) is 21.3 Å². The Morgan fingerprint density at radius 3 is 2.30 bits per heavy atom. The second-order valence-electron chi connectivity index (χ2n) is 8.90. The number of nitrogens with one attached hydrogen (secondary N) is 1. The van der Waals surface area contributed by atoms with Gasteiger partial charge in [-0.1, -0.05) is 72.3 Å². The van der Waals surface area contributed by atoms with Crippen LogP contribution in [-0.2, 0) is 12.8 Å². The van der Waals surface area contributed by atoms with Crippen molar-refractivity contribution in [2.24, 2.45) is 0 Å². The molecule has 0 amide bonds. The summed E-state index contributed by atoms with van der Waals surface area (Å²) < 4.78 is 6.54. The molecule has 2 nitrogen and oxygen atoms in total. The van der Waals surface area contributed by atoms with Gasteiger partial charge in [-0.2, -0.15) is 0 Å². The molecule has 150 valence electrons. The maximum Gasteiger partial charge on any atom is 0.138 e. The summed E-state index contributed by atoms with van der Waals surface area (Å²) in [6.07, 6.45) is 6.96. The zero-order chi connectivity index (χ0) is 19.9. The standard InChI is InChI=1S/C28H27NO/c1-2-7-19(8-3-1)13-14-20-9-6-11-25-27(21-17-22-15-16-23(18-21)29-22)24-10-4-5-12-26(24)30-28(20)25/h1-12,22-23,29H,13-18H2. The Kier molecular flexibility index (Phi) is 4.46. The molecule has 0 aliphatic carbocycles. The number of aryl methyl sites for hydroxylation is 2. The third kappa shape index (κ3) is 3.16. The van der Waals surface area contributed by atoms with Gasteiger partial charge in [-0.05, 0) is 61.3 Å². The predicted molar refractivity (Wildman–Crippen MR) is 122 cm³/mol. The fourth-order valence-corrected chi connectivity index (χ4v) is 5.53. The normalized spacial score (nSPS) is 21.7. The third-order valence-corrected chi connectivity index (χ3v) is 6.93. The number of ether oxygens (including phenoxy) is 1. The Hall–Kier alpha value is -2.84. The lowest BCUT2D eigenvalue weighted by Crippen LogP contribution is -2.35. The maximum atomic E-state index is 6.54. The molecule has 2 saturated heterocycles. The molecule has 2 heteroatoms. The molecule has 3 aromatic carbocycles. The molecule has 6 rings (SSSR count). The number of piperidine rings is 1. The molecule has 2 fully saturated rings. The van der Waals surface area contributed by atoms with Gasteiger partial charge in [-0.3, -0.25) is 0 Å². The molecule has 30 heavy (non-hydrogen) atoms. The van der Waals surface area contributed by atoms with Gasteiger partial charge in [0.2, 0.25) is 0 Å². The van der Waals surface area contributed by atoms with Crippen LogP contribution in [0.2, 0.25) is 0 Å². The zero-order valence-electron chi connectivity index (χ0n) is 17.2. The van der Waals surface area contributed by atoms with Gasteiger partial charge in [0.25, 0.3) is 0 Å². The molecule has 3 aliphatic rings. The van der Waals surface area contributed by atoms with Gasteiger partial charge in [0.05, 0.1) is 0 Å². The molecule has 3 aliphatic heterocycles. The van der Waals surface area contributed by atoms with E-state index in [-0.39, 0.29) is 0 Å². The maximum absolute atomic E-state index is 6.54. The molecule has 2 atom stereocenters. The van der Waals surface area contributed by atoms with E-state index in [1.165, 1.54) is 40.7 Å². The number of fused-ring (bicyclic) bond motifs is 4. The first-order valence-electron chi connectivity index (χ1n) is 11.3. The number of benzene rings is 3. The summed E-state index contributed by atoms with van der Waals surface area (Å²) in [5.74, 6) is 2.08. The van der Waals surface area contributed by atoms with Crippen LogP contribution in [0, 0.1) is 0 Å². The average molecular weight is 394 g/mol. The molecule has 3 aromatic rings. The number of rotatable bonds is 3. The molecule has 2 unspecified atom stereocenters. The van der Waals surface area contributed by atoms with Crippen molar-refractivity contribution in [1.82, 2.24) is 5.32 Å². The first-order valence-corrected chi connectivity index (χ1v) is 11.3. The van der Waals surface area contributed by atoms with Crippen LogP contribution in [0.5, 0.6) is 11.5 Å². The van der Waals surface area contributed by atoms with E-state index in [4.69, 9.17) is 4.74 Å². The van der Waals surface area contributed by atoms with Gasteiger partial charge in [0, 0.05) is 23.2 Å². The minimum absolute atomic E-state index is 0.644. The van der Waals surface area contributed by atoms with Crippen molar-refractivity contribution >= 4 is 5.57 Å². The molecule has 2 bridgehead atoms. The Bertz CT molecular complexity index is 1100. The van der Waals surface area contributed by atoms with Crippen LogP contribution in [0.4, 0.5) is 0 Å². The largest absolute Gasteiger partial charge is 0.456 e. The summed E-state index contributed by atoms with van der Waals surface area (Å²) >= 11 is 0. The molecule has 3 heterocycles. The van der Waals surface area contributed by atoms with Crippen molar-refractivity contribution in [3.63, 3.8) is 0 Å². The highest BCUT2D eigenvalue weighted by molar-refractivity contribution is 5.90. The smallest absolute Gasteiger partial charge is 0.138 e. The summed E-state index contributed by atoms with van der Waals surface area (Å²) in [5, 5.41) is 3.79. The van der Waals surface area contributed by atoms with E-state index >= 15 is 0 Å². The van der Waals surface area contributed by atoms with Crippen LogP contribution in [-0.4, -0.2) is 12.1 Å². The molecule has 1 N–H and O–H groups in total. The van der Waals surface area contributed by atoms with Crippen LogP contribution in [0.15, 0.2) is 78.4 Å². The summed E-state index contributed by atoms with van der Waals surface area (Å²) in [7, 11) is 0.